The molecule has 0 amide bonds. The molecule has 0 N–H and O–H groups in total. The zero-order valence-electron chi connectivity index (χ0n) is 14.0. The number of hydrogen-bond acceptors (Lipinski definition) is 0. The molecule has 116 valence electrons. The normalized spacial score (nSPS) is 11.0. The molecule has 0 aliphatic rings. The molecule has 0 saturated carbocycles. The van der Waals surface area contributed by atoms with Gasteiger partial charge in [-0.3, -0.25) is 0 Å². The van der Waals surface area contributed by atoms with Crippen molar-refractivity contribution in [2.45, 2.75) is 0 Å². The molecule has 0 bridgehead atoms. The van der Waals surface area contributed by atoms with Crippen molar-refractivity contribution in [3.63, 3.8) is 0 Å². The van der Waals surface area contributed by atoms with Gasteiger partial charge in [-0.25, -0.2) is 0 Å². The Labute approximate surface area is 170 Å². The van der Waals surface area contributed by atoms with E-state index in [0.717, 1.165) is 0 Å². The quantitative estimate of drug-likeness (QED) is 0.351. The molecule has 4 rings (SSSR count). The van der Waals surface area contributed by atoms with Crippen LogP contribution in [-0.4, -0.2) is 0 Å². The minimum atomic E-state index is -0.618. The minimum absolute atomic E-state index is 0. The van der Waals surface area contributed by atoms with E-state index in [1.165, 1.54) is 31.8 Å². The van der Waals surface area contributed by atoms with Crippen molar-refractivity contribution >= 4 is 23.5 Å². The second-order valence-corrected chi connectivity index (χ2v) is 8.82. The van der Waals surface area contributed by atoms with Gasteiger partial charge in [-0.05, 0) is 5.30 Å². The second kappa shape index (κ2) is 8.26. The van der Waals surface area contributed by atoms with Crippen LogP contribution in [-0.2, 0) is 0 Å². The van der Waals surface area contributed by atoms with E-state index in [1.807, 2.05) is 0 Å². The van der Waals surface area contributed by atoms with E-state index in [0.29, 0.717) is 0 Å². The number of rotatable bonds is 3. The van der Waals surface area contributed by atoms with Crippen LogP contribution in [0.15, 0.2) is 95.2 Å². The van der Waals surface area contributed by atoms with E-state index < -0.39 is 7.53 Å². The number of hydrogen-bond donors (Lipinski definition) is 0. The summed E-state index contributed by atoms with van der Waals surface area (Å²) in [5, 5.41) is 1.32. The zero-order valence-corrected chi connectivity index (χ0v) is 16.5. The first-order valence-electron chi connectivity index (χ1n) is 7.84. The van der Waals surface area contributed by atoms with Crippen LogP contribution in [0.1, 0.15) is 0 Å². The average Bonchev–Trinajstić information content (AvgIpc) is 3.01. The monoisotopic (exact) mass is 396 g/mol. The maximum atomic E-state index is 3.91. The summed E-state index contributed by atoms with van der Waals surface area (Å²) in [5.41, 5.74) is 4.91. The third-order valence-corrected chi connectivity index (χ3v) is 7.35. The predicted octanol–water partition coefficient (Wildman–Crippen LogP) is 4.56. The van der Waals surface area contributed by atoms with E-state index >= 15 is 0 Å². The molecule has 1 aromatic heterocycles. The summed E-state index contributed by atoms with van der Waals surface area (Å²) in [6, 6.07) is 31.8. The van der Waals surface area contributed by atoms with Crippen LogP contribution in [0.4, 0.5) is 0 Å². The summed E-state index contributed by atoms with van der Waals surface area (Å²) in [4.78, 5) is 0. The van der Waals surface area contributed by atoms with E-state index in [2.05, 4.69) is 113 Å². The fourth-order valence-corrected chi connectivity index (χ4v) is 6.03. The molecule has 3 aromatic carbocycles. The summed E-state index contributed by atoms with van der Waals surface area (Å²) in [7, 11) is -0.618. The van der Waals surface area contributed by atoms with Gasteiger partial charge in [0.15, 0.2) is 0 Å². The smallest absolute Gasteiger partial charge is 0.175 e. The molecule has 3 heteroatoms. The molecule has 0 aliphatic heterocycles. The fraction of sp³-hybridized carbons (Fsp3) is 0. The van der Waals surface area contributed by atoms with Gasteiger partial charge in [0.05, 0.1) is 0 Å². The van der Waals surface area contributed by atoms with Crippen LogP contribution in [0.5, 0.6) is 0 Å². The molecule has 1 heterocycles. The van der Waals surface area contributed by atoms with Gasteiger partial charge < -0.3 is 0 Å². The third-order valence-electron chi connectivity index (χ3n) is 4.02. The SMILES string of the molecule is Brc1c(-c2ccccc2)c(-c2ccccc2)[c-]p1-c1ccccc1.[Li+]. The van der Waals surface area contributed by atoms with Gasteiger partial charge >= 0.3 is 18.9 Å². The standard InChI is InChI=1S/C22H15BrP.Li/c23-22-21(18-12-6-2-7-13-18)20(17-10-4-1-5-11-17)16-24(22)19-14-8-3-9-15-19;/h1-15H;/q-1;+1. The van der Waals surface area contributed by atoms with Crippen molar-refractivity contribution in [2.75, 3.05) is 0 Å². The Morgan fingerprint density at radius 2 is 1.12 bits per heavy atom. The van der Waals surface area contributed by atoms with E-state index in [4.69, 9.17) is 0 Å². The molecule has 0 nitrogen and oxygen atoms in total. The molecule has 25 heavy (non-hydrogen) atoms. The Bertz CT molecular complexity index is 948. The van der Waals surface area contributed by atoms with E-state index in [9.17, 15) is 0 Å². The van der Waals surface area contributed by atoms with E-state index in [-0.39, 0.29) is 18.9 Å². The van der Waals surface area contributed by atoms with Gasteiger partial charge in [-0.15, -0.1) is 32.9 Å². The predicted molar refractivity (Wildman–Crippen MR) is 108 cm³/mol. The maximum absolute atomic E-state index is 3.91. The first kappa shape index (κ1) is 18.3. The summed E-state index contributed by atoms with van der Waals surface area (Å²) < 4.78 is 1.24. The Kier molecular flexibility index (Phi) is 6.05. The van der Waals surface area contributed by atoms with Crippen molar-refractivity contribution < 1.29 is 18.9 Å². The summed E-state index contributed by atoms with van der Waals surface area (Å²) >= 11 is 3.91. The summed E-state index contributed by atoms with van der Waals surface area (Å²) in [5.74, 6) is 3.78. The van der Waals surface area contributed by atoms with E-state index in [1.54, 1.807) is 0 Å². The number of halogens is 1. The average molecular weight is 397 g/mol. The van der Waals surface area contributed by atoms with Crippen molar-refractivity contribution in [3.05, 3.63) is 101 Å². The van der Waals surface area contributed by atoms with Crippen molar-refractivity contribution in [1.82, 2.24) is 0 Å². The maximum Gasteiger partial charge on any atom is 1.00 e. The van der Waals surface area contributed by atoms with Gasteiger partial charge in [0.25, 0.3) is 0 Å². The van der Waals surface area contributed by atoms with Gasteiger partial charge in [0.1, 0.15) is 0 Å². The Morgan fingerprint density at radius 3 is 1.68 bits per heavy atom. The molecule has 0 saturated heterocycles. The first-order valence-corrected chi connectivity index (χ1v) is 9.98. The van der Waals surface area contributed by atoms with Gasteiger partial charge in [0, 0.05) is 0 Å². The van der Waals surface area contributed by atoms with Crippen LogP contribution in [0.3, 0.4) is 0 Å². The molecular formula is C22H15BrLiP. The third kappa shape index (κ3) is 3.71. The molecule has 0 fully saturated rings. The fourth-order valence-electron chi connectivity index (χ4n) is 2.87. The Hall–Kier alpha value is -1.48. The molecular weight excluding hydrogens is 382 g/mol. The first-order chi connectivity index (χ1) is 11.8. The van der Waals surface area contributed by atoms with Crippen molar-refractivity contribution in [1.29, 1.82) is 0 Å². The molecule has 1 atom stereocenters. The largest absolute Gasteiger partial charge is 1.00 e. The van der Waals surface area contributed by atoms with Crippen LogP contribution < -0.4 is 18.9 Å². The van der Waals surface area contributed by atoms with Crippen LogP contribution in [0.25, 0.3) is 27.6 Å². The van der Waals surface area contributed by atoms with Gasteiger partial charge in [0.2, 0.25) is 0 Å². The summed E-state index contributed by atoms with van der Waals surface area (Å²) in [6.45, 7) is 0. The molecule has 0 radical (unpaired) electrons. The van der Waals surface area contributed by atoms with Gasteiger partial charge in [-0.1, -0.05) is 106 Å². The molecule has 1 unspecified atom stereocenters. The molecule has 0 aliphatic carbocycles. The topological polar surface area (TPSA) is 0 Å². The molecule has 4 aromatic rings. The number of benzene rings is 3. The Balaban J connectivity index is 0.00000182. The molecule has 0 spiro atoms. The zero-order chi connectivity index (χ0) is 16.4. The van der Waals surface area contributed by atoms with Gasteiger partial charge in [-0.2, -0.15) is 7.53 Å². The van der Waals surface area contributed by atoms with Crippen LogP contribution in [0, 0.1) is 5.80 Å². The summed E-state index contributed by atoms with van der Waals surface area (Å²) in [6.07, 6.45) is 0. The second-order valence-electron chi connectivity index (χ2n) is 5.56. The van der Waals surface area contributed by atoms with Crippen LogP contribution in [0.2, 0.25) is 0 Å². The van der Waals surface area contributed by atoms with Crippen molar-refractivity contribution in [2.24, 2.45) is 0 Å². The van der Waals surface area contributed by atoms with Crippen LogP contribution >= 0.6 is 23.5 Å². The minimum Gasteiger partial charge on any atom is -0.175 e. The van der Waals surface area contributed by atoms with Crippen molar-refractivity contribution in [3.8, 4) is 27.6 Å². The Morgan fingerprint density at radius 1 is 0.640 bits per heavy atom.